The molecule has 0 amide bonds. The van der Waals surface area contributed by atoms with Gasteiger partial charge in [-0.15, -0.1) is 5.46 Å². The lowest BCUT2D eigenvalue weighted by molar-refractivity contribution is -0.0521. The number of hydrogen-bond acceptors (Lipinski definition) is 1. The third kappa shape index (κ3) is 3.07. The monoisotopic (exact) mass is 229 g/mol. The molecule has 1 aromatic carbocycles. The van der Waals surface area contributed by atoms with Gasteiger partial charge in [-0.2, -0.15) is 8.78 Å². The highest BCUT2D eigenvalue weighted by atomic mass is 19.4. The minimum atomic E-state index is -5.36. The molecular weight excluding hydrogens is 225 g/mol. The Morgan fingerprint density at radius 1 is 1.13 bits per heavy atom. The smallest absolute Gasteiger partial charge is 0.445 e. The minimum absolute atomic E-state index is 0.210. The van der Waals surface area contributed by atoms with Gasteiger partial charge in [0.05, 0.1) is 0 Å². The van der Waals surface area contributed by atoms with E-state index in [1.54, 1.807) is 0 Å². The Kier molecular flexibility index (Phi) is 3.16. The predicted octanol–water partition coefficient (Wildman–Crippen LogP) is 2.48. The Morgan fingerprint density at radius 3 is 2.20 bits per heavy atom. The maximum atomic E-state index is 12.7. The molecule has 0 aliphatic rings. The zero-order valence-electron chi connectivity index (χ0n) is 7.06. The molecule has 1 nitrogen and oxygen atoms in total. The van der Waals surface area contributed by atoms with Crippen LogP contribution in [0.15, 0.2) is 18.2 Å². The van der Waals surface area contributed by atoms with Crippen LogP contribution in [0.25, 0.3) is 0 Å². The highest BCUT2D eigenvalue weighted by molar-refractivity contribution is 6.73. The van der Waals surface area contributed by atoms with Crippen molar-refractivity contribution in [1.82, 2.24) is 0 Å². The summed E-state index contributed by atoms with van der Waals surface area (Å²) in [4.78, 5) is 0. The summed E-state index contributed by atoms with van der Waals surface area (Å²) in [5.74, 6) is -2.37. The topological polar surface area (TPSA) is 9.23 Å². The van der Waals surface area contributed by atoms with Crippen molar-refractivity contribution in [2.45, 2.75) is 6.61 Å². The molecule has 1 rings (SSSR count). The molecule has 84 valence electrons. The second-order valence-electron chi connectivity index (χ2n) is 2.64. The lowest BCUT2D eigenvalue weighted by atomic mass is 9.80. The molecule has 0 aliphatic heterocycles. The summed E-state index contributed by atoms with van der Waals surface area (Å²) >= 11 is 0. The van der Waals surface area contributed by atoms with Gasteiger partial charge in [0.2, 0.25) is 0 Å². The maximum Gasteiger partial charge on any atom is 0.509 e. The van der Waals surface area contributed by atoms with Gasteiger partial charge in [-0.25, -0.2) is 4.39 Å². The molecular formula is C7H4BF6O-. The fraction of sp³-hybridized carbons (Fsp3) is 0.143. The van der Waals surface area contributed by atoms with Gasteiger partial charge in [0, 0.05) is 0 Å². The largest absolute Gasteiger partial charge is 0.509 e. The van der Waals surface area contributed by atoms with Crippen LogP contribution in [0.5, 0.6) is 5.75 Å². The first-order valence-corrected chi connectivity index (χ1v) is 3.75. The minimum Gasteiger partial charge on any atom is -0.445 e. The molecule has 0 heterocycles. The quantitative estimate of drug-likeness (QED) is 0.571. The van der Waals surface area contributed by atoms with Crippen LogP contribution in [0.4, 0.5) is 26.1 Å². The van der Waals surface area contributed by atoms with Crippen LogP contribution in [0, 0.1) is 5.82 Å². The molecule has 0 N–H and O–H groups in total. The molecule has 0 fully saturated rings. The Bertz CT molecular complexity index is 350. The summed E-state index contributed by atoms with van der Waals surface area (Å²) < 4.78 is 76.0. The molecule has 0 spiro atoms. The molecule has 0 saturated heterocycles. The van der Waals surface area contributed by atoms with E-state index in [9.17, 15) is 26.1 Å². The Balaban J connectivity index is 3.06. The summed E-state index contributed by atoms with van der Waals surface area (Å²) in [5.41, 5.74) is -1.19. The third-order valence-corrected chi connectivity index (χ3v) is 1.55. The normalized spacial score (nSPS) is 11.9. The van der Waals surface area contributed by atoms with Crippen LogP contribution in [0.3, 0.4) is 0 Å². The predicted molar refractivity (Wildman–Crippen MR) is 41.7 cm³/mol. The number of benzene rings is 1. The van der Waals surface area contributed by atoms with E-state index in [2.05, 4.69) is 4.74 Å². The molecule has 0 saturated carbocycles. The second kappa shape index (κ2) is 4.04. The highest BCUT2D eigenvalue weighted by Crippen LogP contribution is 2.20. The maximum absolute atomic E-state index is 12.7. The molecule has 0 unspecified atom stereocenters. The molecule has 0 aliphatic carbocycles. The van der Waals surface area contributed by atoms with E-state index in [0.717, 1.165) is 0 Å². The standard InChI is InChI=1S/C7H4BF6O/c9-5-2-1-4(8(12,13)14)3-6(5)15-7(10)11/h1-3,7H/q-1. The summed E-state index contributed by atoms with van der Waals surface area (Å²) in [6, 6.07) is 1.11. The van der Waals surface area contributed by atoms with Crippen LogP contribution < -0.4 is 10.2 Å². The van der Waals surface area contributed by atoms with Crippen molar-refractivity contribution < 1.29 is 30.9 Å². The van der Waals surface area contributed by atoms with E-state index in [-0.39, 0.29) is 6.07 Å². The Hall–Kier alpha value is -1.34. The SMILES string of the molecule is Fc1ccc([B-](F)(F)F)cc1OC(F)F. The zero-order chi connectivity index (χ0) is 11.6. The van der Waals surface area contributed by atoms with Crippen molar-refractivity contribution in [3.05, 3.63) is 24.0 Å². The van der Waals surface area contributed by atoms with E-state index < -0.39 is 30.6 Å². The molecule has 1 aromatic rings. The first-order chi connectivity index (χ1) is 6.80. The van der Waals surface area contributed by atoms with E-state index >= 15 is 0 Å². The summed E-state index contributed by atoms with van der Waals surface area (Å²) in [5, 5.41) is 0. The van der Waals surface area contributed by atoms with Crippen molar-refractivity contribution in [1.29, 1.82) is 0 Å². The first-order valence-electron chi connectivity index (χ1n) is 3.75. The van der Waals surface area contributed by atoms with Crippen LogP contribution in [0.1, 0.15) is 0 Å². The van der Waals surface area contributed by atoms with E-state index in [1.807, 2.05) is 0 Å². The summed E-state index contributed by atoms with van der Waals surface area (Å²) in [6.07, 6.45) is 0. The van der Waals surface area contributed by atoms with Crippen LogP contribution in [-0.2, 0) is 0 Å². The van der Waals surface area contributed by atoms with Crippen molar-refractivity contribution in [3.63, 3.8) is 0 Å². The lowest BCUT2D eigenvalue weighted by Crippen LogP contribution is -2.34. The van der Waals surface area contributed by atoms with Gasteiger partial charge >= 0.3 is 13.6 Å². The van der Waals surface area contributed by atoms with Gasteiger partial charge in [-0.3, -0.25) is 0 Å². The Morgan fingerprint density at radius 2 is 1.73 bits per heavy atom. The van der Waals surface area contributed by atoms with Gasteiger partial charge in [0.25, 0.3) is 0 Å². The summed E-state index contributed by atoms with van der Waals surface area (Å²) in [6.45, 7) is -8.72. The molecule has 0 aromatic heterocycles. The number of hydrogen-bond donors (Lipinski definition) is 0. The summed E-state index contributed by atoms with van der Waals surface area (Å²) in [7, 11) is 0. The average Bonchev–Trinajstić information content (AvgIpc) is 2.06. The highest BCUT2D eigenvalue weighted by Gasteiger charge is 2.26. The molecule has 0 radical (unpaired) electrons. The van der Waals surface area contributed by atoms with Gasteiger partial charge in [0.1, 0.15) is 0 Å². The van der Waals surface area contributed by atoms with E-state index in [4.69, 9.17) is 0 Å². The fourth-order valence-corrected chi connectivity index (χ4v) is 0.910. The van der Waals surface area contributed by atoms with Crippen molar-refractivity contribution in [2.24, 2.45) is 0 Å². The number of halogens is 6. The third-order valence-electron chi connectivity index (χ3n) is 1.55. The van der Waals surface area contributed by atoms with Gasteiger partial charge in [0.15, 0.2) is 11.6 Å². The van der Waals surface area contributed by atoms with Crippen molar-refractivity contribution in [2.75, 3.05) is 0 Å². The van der Waals surface area contributed by atoms with Crippen LogP contribution in [-0.4, -0.2) is 13.6 Å². The van der Waals surface area contributed by atoms with Crippen LogP contribution >= 0.6 is 0 Å². The van der Waals surface area contributed by atoms with E-state index in [1.165, 1.54) is 0 Å². The molecule has 0 atom stereocenters. The molecule has 0 bridgehead atoms. The fourth-order valence-electron chi connectivity index (χ4n) is 0.910. The van der Waals surface area contributed by atoms with Crippen molar-refractivity contribution >= 4 is 12.4 Å². The van der Waals surface area contributed by atoms with Gasteiger partial charge < -0.3 is 17.7 Å². The number of ether oxygens (including phenoxy) is 1. The zero-order valence-corrected chi connectivity index (χ0v) is 7.06. The van der Waals surface area contributed by atoms with Crippen molar-refractivity contribution in [3.8, 4) is 5.75 Å². The van der Waals surface area contributed by atoms with E-state index in [0.29, 0.717) is 12.1 Å². The average molecular weight is 229 g/mol. The number of alkyl halides is 2. The number of rotatable bonds is 3. The first kappa shape index (κ1) is 11.7. The molecule has 8 heteroatoms. The lowest BCUT2D eigenvalue weighted by Gasteiger charge is -2.16. The second-order valence-corrected chi connectivity index (χ2v) is 2.64. The van der Waals surface area contributed by atoms with Gasteiger partial charge in [-0.1, -0.05) is 6.07 Å². The Labute approximate surface area is 80.7 Å². The van der Waals surface area contributed by atoms with Gasteiger partial charge in [-0.05, 0) is 12.1 Å². The van der Waals surface area contributed by atoms with Crippen LogP contribution in [0.2, 0.25) is 0 Å². The molecule has 15 heavy (non-hydrogen) atoms.